The van der Waals surface area contributed by atoms with Crippen LogP contribution in [0, 0.1) is 0 Å². The maximum atomic E-state index is 12.5. The van der Waals surface area contributed by atoms with Gasteiger partial charge in [0.1, 0.15) is 0 Å². The Morgan fingerprint density at radius 2 is 1.30 bits per heavy atom. The van der Waals surface area contributed by atoms with E-state index in [-0.39, 0.29) is 6.61 Å². The third-order valence-electron chi connectivity index (χ3n) is 4.04. The average molecular weight is 331 g/mol. The molecule has 0 saturated carbocycles. The van der Waals surface area contributed by atoms with Crippen LogP contribution in [0.2, 0.25) is 0 Å². The first-order valence-corrected chi connectivity index (χ1v) is 8.44. The van der Waals surface area contributed by atoms with Gasteiger partial charge in [-0.3, -0.25) is 0 Å². The molecule has 0 bridgehead atoms. The summed E-state index contributed by atoms with van der Waals surface area (Å²) in [6.45, 7) is 1.15. The molecular formula is C18H28F3NO. The van der Waals surface area contributed by atoms with Gasteiger partial charge in [-0.05, 0) is 37.1 Å². The van der Waals surface area contributed by atoms with Crippen molar-refractivity contribution in [3.05, 3.63) is 29.8 Å². The Morgan fingerprint density at radius 3 is 1.78 bits per heavy atom. The van der Waals surface area contributed by atoms with Gasteiger partial charge in [-0.1, -0.05) is 38.5 Å². The predicted octanol–water partition coefficient (Wildman–Crippen LogP) is 5.25. The van der Waals surface area contributed by atoms with Crippen molar-refractivity contribution < 1.29 is 18.3 Å². The fourth-order valence-corrected chi connectivity index (χ4v) is 2.56. The second-order valence-electron chi connectivity index (χ2n) is 6.02. The molecule has 0 aliphatic heterocycles. The van der Waals surface area contributed by atoms with E-state index in [1.807, 2.05) is 11.9 Å². The summed E-state index contributed by atoms with van der Waals surface area (Å²) in [5.74, 6) is 0. The van der Waals surface area contributed by atoms with Gasteiger partial charge >= 0.3 is 6.18 Å². The number of rotatable bonds is 11. The highest BCUT2D eigenvalue weighted by Gasteiger charge is 2.30. The van der Waals surface area contributed by atoms with Crippen LogP contribution in [0.15, 0.2) is 24.3 Å². The van der Waals surface area contributed by atoms with E-state index in [9.17, 15) is 13.2 Å². The van der Waals surface area contributed by atoms with E-state index in [1.54, 1.807) is 0 Å². The number of anilines is 1. The third kappa shape index (κ3) is 8.26. The Balaban J connectivity index is 2.15. The van der Waals surface area contributed by atoms with Crippen LogP contribution in [-0.2, 0) is 6.18 Å². The van der Waals surface area contributed by atoms with Crippen molar-refractivity contribution in [3.8, 4) is 0 Å². The monoisotopic (exact) mass is 331 g/mol. The highest BCUT2D eigenvalue weighted by atomic mass is 19.4. The zero-order chi connectivity index (χ0) is 17.1. The van der Waals surface area contributed by atoms with E-state index >= 15 is 0 Å². The standard InChI is InChI=1S/C18H28F3NO/c1-22(14-8-6-4-2-3-5-7-9-15-23)17-12-10-16(11-13-17)18(19,20)21/h10-13,23H,2-9,14-15H2,1H3. The van der Waals surface area contributed by atoms with Crippen molar-refractivity contribution in [2.75, 3.05) is 25.1 Å². The Morgan fingerprint density at radius 1 is 0.826 bits per heavy atom. The minimum Gasteiger partial charge on any atom is -0.396 e. The van der Waals surface area contributed by atoms with Crippen LogP contribution in [0.1, 0.15) is 56.9 Å². The number of aliphatic hydroxyl groups is 1. The number of halogens is 3. The second kappa shape index (κ2) is 10.5. The number of hydrogen-bond acceptors (Lipinski definition) is 2. The van der Waals surface area contributed by atoms with Gasteiger partial charge in [0.2, 0.25) is 0 Å². The minimum absolute atomic E-state index is 0.288. The van der Waals surface area contributed by atoms with E-state index < -0.39 is 11.7 Å². The fraction of sp³-hybridized carbons (Fsp3) is 0.667. The molecule has 1 rings (SSSR count). The third-order valence-corrected chi connectivity index (χ3v) is 4.04. The molecule has 0 spiro atoms. The number of nitrogens with zero attached hydrogens (tertiary/aromatic N) is 1. The van der Waals surface area contributed by atoms with Gasteiger partial charge < -0.3 is 10.0 Å². The van der Waals surface area contributed by atoms with Crippen molar-refractivity contribution in [2.24, 2.45) is 0 Å². The topological polar surface area (TPSA) is 23.5 Å². The molecule has 2 nitrogen and oxygen atoms in total. The van der Waals surface area contributed by atoms with Gasteiger partial charge in [0, 0.05) is 25.9 Å². The van der Waals surface area contributed by atoms with Gasteiger partial charge in [0.05, 0.1) is 5.56 Å². The molecule has 0 fully saturated rings. The Labute approximate surface area is 137 Å². The Bertz CT molecular complexity index is 417. The first-order valence-electron chi connectivity index (χ1n) is 8.44. The van der Waals surface area contributed by atoms with Crippen LogP contribution < -0.4 is 4.90 Å². The molecule has 0 aliphatic rings. The molecule has 0 heterocycles. The largest absolute Gasteiger partial charge is 0.416 e. The lowest BCUT2D eigenvalue weighted by Crippen LogP contribution is -2.18. The average Bonchev–Trinajstić information content (AvgIpc) is 2.52. The molecule has 0 atom stereocenters. The molecule has 5 heteroatoms. The summed E-state index contributed by atoms with van der Waals surface area (Å²) in [6.07, 6.45) is 4.74. The van der Waals surface area contributed by atoms with Crippen LogP contribution in [0.3, 0.4) is 0 Å². The van der Waals surface area contributed by atoms with E-state index in [0.717, 1.165) is 50.0 Å². The summed E-state index contributed by atoms with van der Waals surface area (Å²) in [4.78, 5) is 2.00. The normalized spacial score (nSPS) is 11.7. The van der Waals surface area contributed by atoms with Gasteiger partial charge in [0.15, 0.2) is 0 Å². The number of unbranched alkanes of at least 4 members (excludes halogenated alkanes) is 7. The lowest BCUT2D eigenvalue weighted by molar-refractivity contribution is -0.137. The number of hydrogen-bond donors (Lipinski definition) is 1. The maximum Gasteiger partial charge on any atom is 0.416 e. The lowest BCUT2D eigenvalue weighted by Gasteiger charge is -2.20. The van der Waals surface area contributed by atoms with Crippen LogP contribution in [-0.4, -0.2) is 25.3 Å². The second-order valence-corrected chi connectivity index (χ2v) is 6.02. The molecule has 0 saturated heterocycles. The van der Waals surface area contributed by atoms with Crippen LogP contribution in [0.5, 0.6) is 0 Å². The van der Waals surface area contributed by atoms with Gasteiger partial charge in [0.25, 0.3) is 0 Å². The van der Waals surface area contributed by atoms with Crippen molar-refractivity contribution >= 4 is 5.69 Å². The van der Waals surface area contributed by atoms with E-state index in [0.29, 0.717) is 0 Å². The summed E-state index contributed by atoms with van der Waals surface area (Å²) in [5, 5.41) is 8.68. The predicted molar refractivity (Wildman–Crippen MR) is 88.7 cm³/mol. The van der Waals surface area contributed by atoms with Gasteiger partial charge in [-0.2, -0.15) is 13.2 Å². The van der Waals surface area contributed by atoms with Crippen molar-refractivity contribution in [1.29, 1.82) is 0 Å². The molecule has 0 aliphatic carbocycles. The highest BCUT2D eigenvalue weighted by Crippen LogP contribution is 2.30. The quantitative estimate of drug-likeness (QED) is 0.559. The molecule has 0 radical (unpaired) electrons. The summed E-state index contributed by atoms with van der Waals surface area (Å²) in [7, 11) is 1.91. The Kier molecular flexibility index (Phi) is 9.07. The van der Waals surface area contributed by atoms with Crippen molar-refractivity contribution in [3.63, 3.8) is 0 Å². The van der Waals surface area contributed by atoms with Crippen LogP contribution >= 0.6 is 0 Å². The molecule has 23 heavy (non-hydrogen) atoms. The summed E-state index contributed by atoms with van der Waals surface area (Å²) >= 11 is 0. The first-order chi connectivity index (χ1) is 10.9. The number of alkyl halides is 3. The molecule has 1 aromatic rings. The van der Waals surface area contributed by atoms with Crippen LogP contribution in [0.25, 0.3) is 0 Å². The fourth-order valence-electron chi connectivity index (χ4n) is 2.56. The molecule has 132 valence electrons. The van der Waals surface area contributed by atoms with E-state index in [2.05, 4.69) is 0 Å². The molecule has 1 N–H and O–H groups in total. The van der Waals surface area contributed by atoms with Crippen molar-refractivity contribution in [2.45, 2.75) is 57.5 Å². The zero-order valence-electron chi connectivity index (χ0n) is 13.9. The molecule has 0 amide bonds. The van der Waals surface area contributed by atoms with Crippen LogP contribution in [0.4, 0.5) is 18.9 Å². The maximum absolute atomic E-state index is 12.5. The van der Waals surface area contributed by atoms with E-state index in [1.165, 1.54) is 37.8 Å². The molecule has 0 unspecified atom stereocenters. The van der Waals surface area contributed by atoms with Gasteiger partial charge in [-0.25, -0.2) is 0 Å². The number of benzene rings is 1. The Hall–Kier alpha value is -1.23. The smallest absolute Gasteiger partial charge is 0.396 e. The van der Waals surface area contributed by atoms with Crippen molar-refractivity contribution in [1.82, 2.24) is 0 Å². The summed E-state index contributed by atoms with van der Waals surface area (Å²) < 4.78 is 37.5. The van der Waals surface area contributed by atoms with Gasteiger partial charge in [-0.15, -0.1) is 0 Å². The summed E-state index contributed by atoms with van der Waals surface area (Å²) in [6, 6.07) is 5.34. The molecular weight excluding hydrogens is 303 g/mol. The van der Waals surface area contributed by atoms with E-state index in [4.69, 9.17) is 5.11 Å². The zero-order valence-corrected chi connectivity index (χ0v) is 13.9. The SMILES string of the molecule is CN(CCCCCCCCCCO)c1ccc(C(F)(F)F)cc1. The highest BCUT2D eigenvalue weighted by molar-refractivity contribution is 5.47. The molecule has 1 aromatic carbocycles. The first kappa shape index (κ1) is 19.8. The minimum atomic E-state index is -4.27. The molecule has 0 aromatic heterocycles. The summed E-state index contributed by atoms with van der Waals surface area (Å²) in [5.41, 5.74) is 0.220. The lowest BCUT2D eigenvalue weighted by atomic mass is 10.1. The number of aliphatic hydroxyl groups excluding tert-OH is 1.